The molecule has 0 saturated heterocycles. The van der Waals surface area contributed by atoms with Crippen molar-refractivity contribution >= 4 is 15.9 Å². The molecule has 0 saturated carbocycles. The van der Waals surface area contributed by atoms with Crippen molar-refractivity contribution in [3.05, 3.63) is 33.8 Å². The molecule has 3 N–H and O–H groups in total. The molecule has 1 unspecified atom stereocenters. The number of hydrogen-bond donors (Lipinski definition) is 2. The number of halogens is 1. The van der Waals surface area contributed by atoms with Crippen molar-refractivity contribution in [2.45, 2.75) is 19.1 Å². The summed E-state index contributed by atoms with van der Waals surface area (Å²) in [5.41, 5.74) is 7.03. The maximum atomic E-state index is 9.29. The van der Waals surface area contributed by atoms with Crippen LogP contribution in [0.4, 0.5) is 0 Å². The highest BCUT2D eigenvalue weighted by Gasteiger charge is 2.13. The second-order valence-electron chi connectivity index (χ2n) is 3.12. The van der Waals surface area contributed by atoms with Gasteiger partial charge in [-0.1, -0.05) is 6.07 Å². The van der Waals surface area contributed by atoms with Crippen molar-refractivity contribution in [2.24, 2.45) is 5.73 Å². The Bertz CT molecular complexity index is 371. The van der Waals surface area contributed by atoms with Gasteiger partial charge >= 0.3 is 0 Å². The van der Waals surface area contributed by atoms with Gasteiger partial charge < -0.3 is 10.8 Å². The zero-order valence-electron chi connectivity index (χ0n) is 7.74. The summed E-state index contributed by atoms with van der Waals surface area (Å²) in [6.45, 7) is 1.62. The molecule has 0 aliphatic carbocycles. The predicted octanol–water partition coefficient (Wildman–Crippen LogP) is 1.70. The molecule has 0 aromatic heterocycles. The van der Waals surface area contributed by atoms with Crippen LogP contribution in [0.3, 0.4) is 0 Å². The lowest BCUT2D eigenvalue weighted by Crippen LogP contribution is -2.23. The molecule has 0 heterocycles. The highest BCUT2D eigenvalue weighted by Crippen LogP contribution is 2.21. The van der Waals surface area contributed by atoms with Crippen molar-refractivity contribution in [3.8, 4) is 6.07 Å². The number of rotatable bonds is 2. The average Bonchev–Trinajstić information content (AvgIpc) is 2.17. The highest BCUT2D eigenvalue weighted by atomic mass is 79.9. The number of nitriles is 1. The van der Waals surface area contributed by atoms with E-state index in [4.69, 9.17) is 11.0 Å². The van der Waals surface area contributed by atoms with Crippen LogP contribution >= 0.6 is 15.9 Å². The van der Waals surface area contributed by atoms with Gasteiger partial charge in [-0.05, 0) is 40.5 Å². The van der Waals surface area contributed by atoms with Crippen LogP contribution in [0.15, 0.2) is 22.7 Å². The van der Waals surface area contributed by atoms with Crippen LogP contribution in [0, 0.1) is 11.3 Å². The fourth-order valence-electron chi connectivity index (χ4n) is 1.11. The summed E-state index contributed by atoms with van der Waals surface area (Å²) in [7, 11) is 0. The minimum Gasteiger partial charge on any atom is -0.391 e. The Hall–Kier alpha value is -0.890. The zero-order chi connectivity index (χ0) is 10.7. The van der Waals surface area contributed by atoms with E-state index in [1.807, 2.05) is 6.07 Å². The normalized spacial score (nSPS) is 14.5. The van der Waals surface area contributed by atoms with Gasteiger partial charge in [-0.15, -0.1) is 0 Å². The van der Waals surface area contributed by atoms with E-state index in [0.29, 0.717) is 5.56 Å². The Labute approximate surface area is 91.3 Å². The smallest absolute Gasteiger partial charge is 0.100 e. The van der Waals surface area contributed by atoms with Crippen molar-refractivity contribution in [3.63, 3.8) is 0 Å². The van der Waals surface area contributed by atoms with Crippen molar-refractivity contribution < 1.29 is 5.11 Å². The Balaban J connectivity index is 3.08. The molecule has 74 valence electrons. The summed E-state index contributed by atoms with van der Waals surface area (Å²) in [6.07, 6.45) is -0.622. The zero-order valence-corrected chi connectivity index (χ0v) is 9.32. The third kappa shape index (κ3) is 2.32. The first-order valence-corrected chi connectivity index (χ1v) is 4.98. The Kier molecular flexibility index (Phi) is 3.64. The van der Waals surface area contributed by atoms with Gasteiger partial charge in [-0.3, -0.25) is 0 Å². The van der Waals surface area contributed by atoms with Crippen LogP contribution in [0.2, 0.25) is 0 Å². The lowest BCUT2D eigenvalue weighted by atomic mass is 10.0. The molecule has 0 aliphatic rings. The molecule has 2 atom stereocenters. The van der Waals surface area contributed by atoms with E-state index in [0.717, 1.165) is 10.0 Å². The Morgan fingerprint density at radius 3 is 2.71 bits per heavy atom. The highest BCUT2D eigenvalue weighted by molar-refractivity contribution is 9.10. The van der Waals surface area contributed by atoms with Crippen LogP contribution in [0.25, 0.3) is 0 Å². The molecule has 0 spiro atoms. The van der Waals surface area contributed by atoms with E-state index in [2.05, 4.69) is 15.9 Å². The first-order chi connectivity index (χ1) is 6.56. The third-order valence-electron chi connectivity index (χ3n) is 2.02. The average molecular weight is 255 g/mol. The number of benzene rings is 1. The van der Waals surface area contributed by atoms with E-state index >= 15 is 0 Å². The second-order valence-corrected chi connectivity index (χ2v) is 3.97. The summed E-state index contributed by atoms with van der Waals surface area (Å²) < 4.78 is 0.738. The topological polar surface area (TPSA) is 70.0 Å². The molecule has 3 nitrogen and oxygen atoms in total. The number of nitrogens with zero attached hydrogens (tertiary/aromatic N) is 1. The molecule has 1 rings (SSSR count). The standard InChI is InChI=1S/C10H11BrN2O/c1-6(14)10(13)7-2-3-9(11)8(4-7)5-12/h2-4,6,10,14H,13H2,1H3/t6?,10-/m0/s1. The summed E-state index contributed by atoms with van der Waals surface area (Å²) in [5, 5.41) is 18.1. The maximum Gasteiger partial charge on any atom is 0.100 e. The van der Waals surface area contributed by atoms with Gasteiger partial charge in [0.05, 0.1) is 17.7 Å². The number of aliphatic hydroxyl groups is 1. The first-order valence-electron chi connectivity index (χ1n) is 4.19. The fraction of sp³-hybridized carbons (Fsp3) is 0.300. The van der Waals surface area contributed by atoms with E-state index < -0.39 is 12.1 Å². The number of nitrogens with two attached hydrogens (primary N) is 1. The van der Waals surface area contributed by atoms with Gasteiger partial charge in [0.25, 0.3) is 0 Å². The van der Waals surface area contributed by atoms with E-state index in [1.54, 1.807) is 25.1 Å². The minimum absolute atomic E-state index is 0.449. The summed E-state index contributed by atoms with van der Waals surface area (Å²) in [4.78, 5) is 0. The van der Waals surface area contributed by atoms with Crippen LogP contribution in [0.5, 0.6) is 0 Å². The van der Waals surface area contributed by atoms with E-state index in [-0.39, 0.29) is 0 Å². The summed E-state index contributed by atoms with van der Waals surface area (Å²) >= 11 is 3.25. The fourth-order valence-corrected chi connectivity index (χ4v) is 1.45. The van der Waals surface area contributed by atoms with Gasteiger partial charge in [-0.25, -0.2) is 0 Å². The minimum atomic E-state index is -0.622. The molecule has 0 fully saturated rings. The molecule has 0 amide bonds. The first kappa shape index (κ1) is 11.2. The lowest BCUT2D eigenvalue weighted by Gasteiger charge is -2.15. The van der Waals surface area contributed by atoms with E-state index in [1.165, 1.54) is 0 Å². The van der Waals surface area contributed by atoms with Gasteiger partial charge in [0.2, 0.25) is 0 Å². The van der Waals surface area contributed by atoms with Gasteiger partial charge in [0.1, 0.15) is 6.07 Å². The Morgan fingerprint density at radius 2 is 2.21 bits per heavy atom. The molecule has 0 bridgehead atoms. The Morgan fingerprint density at radius 1 is 1.57 bits per heavy atom. The summed E-state index contributed by atoms with van der Waals surface area (Å²) in [5.74, 6) is 0. The lowest BCUT2D eigenvalue weighted by molar-refractivity contribution is 0.164. The molecule has 1 aromatic carbocycles. The maximum absolute atomic E-state index is 9.29. The van der Waals surface area contributed by atoms with Gasteiger partial charge in [0.15, 0.2) is 0 Å². The van der Waals surface area contributed by atoms with Crippen molar-refractivity contribution in [2.75, 3.05) is 0 Å². The quantitative estimate of drug-likeness (QED) is 0.844. The molecule has 4 heteroatoms. The molecule has 0 aliphatic heterocycles. The van der Waals surface area contributed by atoms with Crippen molar-refractivity contribution in [1.82, 2.24) is 0 Å². The molecule has 1 aromatic rings. The second kappa shape index (κ2) is 4.56. The van der Waals surface area contributed by atoms with E-state index in [9.17, 15) is 5.11 Å². The summed E-state index contributed by atoms with van der Waals surface area (Å²) in [6, 6.07) is 6.83. The molecule has 0 radical (unpaired) electrons. The van der Waals surface area contributed by atoms with Crippen LogP contribution in [-0.2, 0) is 0 Å². The largest absolute Gasteiger partial charge is 0.391 e. The van der Waals surface area contributed by atoms with Crippen molar-refractivity contribution in [1.29, 1.82) is 5.26 Å². The molecular formula is C10H11BrN2O. The molecular weight excluding hydrogens is 244 g/mol. The van der Waals surface area contributed by atoms with Crippen LogP contribution in [0.1, 0.15) is 24.1 Å². The number of hydrogen-bond acceptors (Lipinski definition) is 3. The molecule has 14 heavy (non-hydrogen) atoms. The predicted molar refractivity (Wildman–Crippen MR) is 57.5 cm³/mol. The van der Waals surface area contributed by atoms with Gasteiger partial charge in [-0.2, -0.15) is 5.26 Å². The van der Waals surface area contributed by atoms with Crippen LogP contribution < -0.4 is 5.73 Å². The number of aliphatic hydroxyl groups excluding tert-OH is 1. The third-order valence-corrected chi connectivity index (χ3v) is 2.71. The van der Waals surface area contributed by atoms with Crippen LogP contribution in [-0.4, -0.2) is 11.2 Å². The monoisotopic (exact) mass is 254 g/mol. The van der Waals surface area contributed by atoms with Gasteiger partial charge in [0, 0.05) is 4.47 Å². The SMILES string of the molecule is CC(O)[C@H](N)c1ccc(Br)c(C#N)c1.